The number of carbonyl (C=O) groups is 1. The number of ether oxygens (including phenoxy) is 1. The molecule has 282 valence electrons. The number of rotatable bonds is 11. The highest BCUT2D eigenvalue weighted by molar-refractivity contribution is 6.31. The molecular formula is C35H41Cl3N10O5. The van der Waals surface area contributed by atoms with Gasteiger partial charge in [0.1, 0.15) is 22.5 Å². The van der Waals surface area contributed by atoms with E-state index >= 15 is 0 Å². The largest absolute Gasteiger partial charge is 0.493 e. The molecule has 1 amide bonds. The highest BCUT2D eigenvalue weighted by atomic mass is 35.5. The molecule has 0 spiro atoms. The fourth-order valence-corrected chi connectivity index (χ4v) is 4.89. The Labute approximate surface area is 322 Å². The molecule has 2 aromatic carbocycles. The van der Waals surface area contributed by atoms with Crippen LogP contribution in [0.3, 0.4) is 0 Å². The second kappa shape index (κ2) is 23.7. The molecule has 15 nitrogen and oxygen atoms in total. The van der Waals surface area contributed by atoms with Crippen LogP contribution in [-0.2, 0) is 6.42 Å². The van der Waals surface area contributed by atoms with Crippen LogP contribution >= 0.6 is 34.8 Å². The van der Waals surface area contributed by atoms with E-state index in [0.29, 0.717) is 48.0 Å². The van der Waals surface area contributed by atoms with Gasteiger partial charge in [-0.2, -0.15) is 4.98 Å². The molecule has 0 fully saturated rings. The number of hydrogen-bond donors (Lipinski definition) is 6. The van der Waals surface area contributed by atoms with Crippen molar-refractivity contribution in [1.29, 1.82) is 0 Å². The number of fused-ring (bicyclic) bond motifs is 1. The third kappa shape index (κ3) is 15.0. The first-order chi connectivity index (χ1) is 25.7. The molecule has 0 unspecified atom stereocenters. The van der Waals surface area contributed by atoms with Crippen LogP contribution in [0.15, 0.2) is 85.3 Å². The van der Waals surface area contributed by atoms with Gasteiger partial charge in [-0.3, -0.25) is 9.69 Å². The van der Waals surface area contributed by atoms with Crippen molar-refractivity contribution < 1.29 is 24.9 Å². The maximum Gasteiger partial charge on any atom is 0.259 e. The molecule has 0 radical (unpaired) electrons. The van der Waals surface area contributed by atoms with Gasteiger partial charge in [0.15, 0.2) is 0 Å². The number of hydrogen-bond acceptors (Lipinski definition) is 14. The zero-order chi connectivity index (χ0) is 38.4. The first-order valence-electron chi connectivity index (χ1n) is 16.3. The zero-order valence-corrected chi connectivity index (χ0v) is 31.1. The van der Waals surface area contributed by atoms with Gasteiger partial charge < -0.3 is 36.4 Å². The fraction of sp³-hybridized carbons (Fsp3) is 0.286. The number of benzene rings is 2. The first-order valence-corrected chi connectivity index (χ1v) is 17.4. The van der Waals surface area contributed by atoms with Crippen LogP contribution in [0.1, 0.15) is 34.5 Å². The van der Waals surface area contributed by atoms with E-state index < -0.39 is 0 Å². The Morgan fingerprint density at radius 3 is 2.21 bits per heavy atom. The van der Waals surface area contributed by atoms with E-state index in [1.54, 1.807) is 36.7 Å². The Hall–Kier alpha value is -4.74. The molecule has 0 bridgehead atoms. The quantitative estimate of drug-likeness (QED) is 0.0804. The number of aliphatic hydroxyl groups is 3. The van der Waals surface area contributed by atoms with E-state index in [4.69, 9.17) is 55.5 Å². The highest BCUT2D eigenvalue weighted by Crippen LogP contribution is 2.27. The summed E-state index contributed by atoms with van der Waals surface area (Å²) in [6, 6.07) is 20.3. The van der Waals surface area contributed by atoms with Crippen molar-refractivity contribution in [3.8, 4) is 5.75 Å². The Morgan fingerprint density at radius 2 is 1.58 bits per heavy atom. The number of aromatic nitrogens is 6. The van der Waals surface area contributed by atoms with Gasteiger partial charge >= 0.3 is 0 Å². The fourth-order valence-electron chi connectivity index (χ4n) is 4.42. The highest BCUT2D eigenvalue weighted by Gasteiger charge is 2.22. The minimum Gasteiger partial charge on any atom is -0.493 e. The number of nitrogens with zero attached hydrogens (tertiary/aromatic N) is 7. The molecule has 7 N–H and O–H groups in total. The SMILES string of the molecule is C[C@H](Nc1nccc(N(CCO)C(=O)c2ccc3c(c2)CCO3)n1)c1ccccc1.Clc1ccnc(Cl)n1.NCCO.OCCNc1ccnc(Cl)n1. The molecule has 6 rings (SSSR count). The topological polar surface area (TPSA) is 218 Å². The molecule has 0 saturated heterocycles. The number of carbonyl (C=O) groups excluding carboxylic acids is 1. The van der Waals surface area contributed by atoms with Gasteiger partial charge in [0.25, 0.3) is 5.91 Å². The molecule has 5 aromatic rings. The van der Waals surface area contributed by atoms with Gasteiger partial charge in [0.05, 0.1) is 39.0 Å². The normalized spacial score (nSPS) is 11.5. The van der Waals surface area contributed by atoms with Gasteiger partial charge in [-0.1, -0.05) is 41.9 Å². The lowest BCUT2D eigenvalue weighted by Gasteiger charge is -2.22. The Kier molecular flexibility index (Phi) is 19.1. The molecule has 0 saturated carbocycles. The van der Waals surface area contributed by atoms with Crippen molar-refractivity contribution in [3.05, 3.63) is 118 Å². The van der Waals surface area contributed by atoms with Crippen molar-refractivity contribution in [2.45, 2.75) is 19.4 Å². The number of nitrogens with two attached hydrogens (primary N) is 1. The van der Waals surface area contributed by atoms with E-state index in [9.17, 15) is 9.90 Å². The smallest absolute Gasteiger partial charge is 0.259 e. The van der Waals surface area contributed by atoms with Gasteiger partial charge in [0, 0.05) is 43.7 Å². The van der Waals surface area contributed by atoms with Crippen LogP contribution in [0.5, 0.6) is 5.75 Å². The molecule has 1 aliphatic rings. The monoisotopic (exact) mass is 786 g/mol. The lowest BCUT2D eigenvalue weighted by molar-refractivity contribution is 0.0980. The minimum absolute atomic E-state index is 0.000143. The average Bonchev–Trinajstić information content (AvgIpc) is 3.65. The summed E-state index contributed by atoms with van der Waals surface area (Å²) in [7, 11) is 0. The van der Waals surface area contributed by atoms with Crippen molar-refractivity contribution >= 4 is 58.3 Å². The van der Waals surface area contributed by atoms with Crippen LogP contribution < -0.4 is 26.0 Å². The summed E-state index contributed by atoms with van der Waals surface area (Å²) in [6.07, 6.45) is 5.44. The zero-order valence-electron chi connectivity index (χ0n) is 28.8. The Bertz CT molecular complexity index is 1810. The summed E-state index contributed by atoms with van der Waals surface area (Å²) in [5.74, 6) is 2.08. The molecule has 1 atom stereocenters. The van der Waals surface area contributed by atoms with Crippen LogP contribution in [0.2, 0.25) is 15.7 Å². The minimum atomic E-state index is -0.223. The molecular weight excluding hydrogens is 747 g/mol. The maximum absolute atomic E-state index is 13.2. The van der Waals surface area contributed by atoms with Crippen molar-refractivity contribution in [1.82, 2.24) is 29.9 Å². The van der Waals surface area contributed by atoms with Gasteiger partial charge in [-0.25, -0.2) is 24.9 Å². The summed E-state index contributed by atoms with van der Waals surface area (Å²) in [5, 5.41) is 32.6. The van der Waals surface area contributed by atoms with E-state index in [-0.39, 0.29) is 48.9 Å². The lowest BCUT2D eigenvalue weighted by atomic mass is 10.1. The molecule has 53 heavy (non-hydrogen) atoms. The molecule has 3 aromatic heterocycles. The van der Waals surface area contributed by atoms with E-state index in [1.165, 1.54) is 11.1 Å². The average molecular weight is 788 g/mol. The predicted octanol–water partition coefficient (Wildman–Crippen LogP) is 4.48. The number of aliphatic hydroxyl groups excluding tert-OH is 3. The number of amides is 1. The summed E-state index contributed by atoms with van der Waals surface area (Å²) >= 11 is 16.2. The second-order valence-electron chi connectivity index (χ2n) is 10.6. The van der Waals surface area contributed by atoms with Crippen LogP contribution in [-0.4, -0.2) is 97.2 Å². The van der Waals surface area contributed by atoms with Gasteiger partial charge in [-0.15, -0.1) is 0 Å². The van der Waals surface area contributed by atoms with Gasteiger partial charge in [-0.05, 0) is 77.7 Å². The van der Waals surface area contributed by atoms with Gasteiger partial charge in [0.2, 0.25) is 16.5 Å². The Morgan fingerprint density at radius 1 is 0.887 bits per heavy atom. The summed E-state index contributed by atoms with van der Waals surface area (Å²) in [5.41, 5.74) is 7.44. The van der Waals surface area contributed by atoms with Crippen LogP contribution in [0, 0.1) is 0 Å². The Balaban J connectivity index is 0.000000266. The standard InChI is InChI=1S/C23H24N4O3.C6H8ClN3O.C4H2Cl2N2.C2H7NO/c1-16(17-5-3-2-4-6-17)25-23-24-11-9-21(26-23)27(12-13-28)22(29)19-7-8-20-18(15-19)10-14-30-20;7-6-9-2-1-5(10-6)8-3-4-11;5-3-1-2-7-4(6)8-3;3-1-2-4/h2-9,11,15-16,28H,10,12-14H2,1H3,(H,24,25,26);1-2,11H,3-4H2,(H,8,9,10);1-2H;4H,1-3H2/t16-;;;/m0.../s1. The van der Waals surface area contributed by atoms with E-state index in [0.717, 1.165) is 23.3 Å². The molecule has 1 aliphatic heterocycles. The van der Waals surface area contributed by atoms with Crippen LogP contribution in [0.25, 0.3) is 0 Å². The number of halogens is 3. The van der Waals surface area contributed by atoms with Crippen molar-refractivity contribution in [2.75, 3.05) is 61.6 Å². The summed E-state index contributed by atoms with van der Waals surface area (Å²) in [6.45, 7) is 3.63. The summed E-state index contributed by atoms with van der Waals surface area (Å²) in [4.78, 5) is 38.2. The van der Waals surface area contributed by atoms with Crippen LogP contribution in [0.4, 0.5) is 17.6 Å². The molecule has 18 heteroatoms. The second-order valence-corrected chi connectivity index (χ2v) is 11.7. The predicted molar refractivity (Wildman–Crippen MR) is 206 cm³/mol. The first kappa shape index (κ1) is 42.7. The summed E-state index contributed by atoms with van der Waals surface area (Å²) < 4.78 is 5.52. The van der Waals surface area contributed by atoms with Crippen molar-refractivity contribution in [3.63, 3.8) is 0 Å². The van der Waals surface area contributed by atoms with Crippen molar-refractivity contribution in [2.24, 2.45) is 5.73 Å². The van der Waals surface area contributed by atoms with E-state index in [1.807, 2.05) is 49.4 Å². The molecule has 0 aliphatic carbocycles. The number of anilines is 3. The number of nitrogens with one attached hydrogen (secondary N) is 2. The third-order valence-electron chi connectivity index (χ3n) is 6.83. The molecule has 4 heterocycles. The lowest BCUT2D eigenvalue weighted by Crippen LogP contribution is -2.34. The third-order valence-corrected chi connectivity index (χ3v) is 7.41. The van der Waals surface area contributed by atoms with E-state index in [2.05, 4.69) is 40.5 Å². The maximum atomic E-state index is 13.2.